The van der Waals surface area contributed by atoms with Crippen LogP contribution in [-0.2, 0) is 16.0 Å². The van der Waals surface area contributed by atoms with E-state index in [1.807, 2.05) is 18.2 Å². The topological polar surface area (TPSA) is 81.4 Å². The Balaban J connectivity index is 2.30. The molecule has 1 aromatic carbocycles. The summed E-state index contributed by atoms with van der Waals surface area (Å²) < 4.78 is 6.02. The summed E-state index contributed by atoms with van der Waals surface area (Å²) >= 11 is 3.41. The van der Waals surface area contributed by atoms with Gasteiger partial charge in [-0.25, -0.2) is 0 Å². The molecule has 1 aromatic rings. The molecule has 0 aliphatic heterocycles. The van der Waals surface area contributed by atoms with Gasteiger partial charge in [0.15, 0.2) is 0 Å². The van der Waals surface area contributed by atoms with Gasteiger partial charge in [0.25, 0.3) is 0 Å². The molecule has 0 unspecified atom stereocenters. The number of hydrogen-bond acceptors (Lipinski definition) is 3. The van der Waals surface area contributed by atoms with E-state index < -0.39 is 0 Å². The Morgan fingerprint density at radius 3 is 2.70 bits per heavy atom. The molecular formula is C14H19BrN2O3. The zero-order chi connectivity index (χ0) is 15.0. The molecule has 20 heavy (non-hydrogen) atoms. The van der Waals surface area contributed by atoms with Crippen molar-refractivity contribution in [2.24, 2.45) is 5.73 Å². The Kier molecular flexibility index (Phi) is 7.08. The minimum Gasteiger partial charge on any atom is -0.496 e. The molecule has 2 amide bonds. The van der Waals surface area contributed by atoms with Crippen molar-refractivity contribution >= 4 is 27.7 Å². The van der Waals surface area contributed by atoms with Crippen molar-refractivity contribution in [1.82, 2.24) is 5.32 Å². The van der Waals surface area contributed by atoms with E-state index in [4.69, 9.17) is 10.5 Å². The average molecular weight is 343 g/mol. The van der Waals surface area contributed by atoms with Gasteiger partial charge < -0.3 is 15.8 Å². The zero-order valence-corrected chi connectivity index (χ0v) is 13.0. The molecule has 0 aromatic heterocycles. The second kappa shape index (κ2) is 8.58. The first-order valence-corrected chi connectivity index (χ1v) is 7.19. The fraction of sp³-hybridized carbons (Fsp3) is 0.429. The summed E-state index contributed by atoms with van der Waals surface area (Å²) in [7, 11) is 1.61. The molecule has 110 valence electrons. The number of carbonyl (C=O) groups is 2. The molecule has 0 saturated carbocycles. The number of nitrogens with two attached hydrogens (primary N) is 1. The highest BCUT2D eigenvalue weighted by Crippen LogP contribution is 2.25. The number of halogens is 1. The Bertz CT molecular complexity index is 477. The maximum absolute atomic E-state index is 11.6. The summed E-state index contributed by atoms with van der Waals surface area (Å²) in [4.78, 5) is 22.1. The number of hydrogen-bond donors (Lipinski definition) is 2. The summed E-state index contributed by atoms with van der Waals surface area (Å²) in [5, 5.41) is 2.76. The average Bonchev–Trinajstić information content (AvgIpc) is 2.41. The molecule has 0 saturated heterocycles. The number of primary amides is 1. The van der Waals surface area contributed by atoms with Gasteiger partial charge in [0.05, 0.1) is 11.6 Å². The fourth-order valence-electron chi connectivity index (χ4n) is 1.70. The Morgan fingerprint density at radius 1 is 1.35 bits per heavy atom. The molecule has 0 atom stereocenters. The molecule has 1 rings (SSSR count). The van der Waals surface area contributed by atoms with Gasteiger partial charge >= 0.3 is 0 Å². The van der Waals surface area contributed by atoms with Gasteiger partial charge in [0.1, 0.15) is 5.75 Å². The number of ether oxygens (including phenoxy) is 1. The number of nitrogens with one attached hydrogen (secondary N) is 1. The van der Waals surface area contributed by atoms with Gasteiger partial charge in [-0.2, -0.15) is 0 Å². The van der Waals surface area contributed by atoms with Gasteiger partial charge in [0, 0.05) is 19.4 Å². The van der Waals surface area contributed by atoms with Crippen LogP contribution in [0.1, 0.15) is 24.8 Å². The Hall–Kier alpha value is -1.56. The van der Waals surface area contributed by atoms with E-state index >= 15 is 0 Å². The summed E-state index contributed by atoms with van der Waals surface area (Å²) in [6.45, 7) is 0.480. The molecule has 0 heterocycles. The van der Waals surface area contributed by atoms with Crippen LogP contribution in [-0.4, -0.2) is 25.5 Å². The van der Waals surface area contributed by atoms with Crippen LogP contribution in [0.3, 0.4) is 0 Å². The number of methoxy groups -OCH3 is 1. The molecule has 6 heteroatoms. The van der Waals surface area contributed by atoms with Gasteiger partial charge in [-0.3, -0.25) is 9.59 Å². The summed E-state index contributed by atoms with van der Waals surface area (Å²) in [6, 6.07) is 5.74. The lowest BCUT2D eigenvalue weighted by molar-refractivity contribution is -0.121. The third-order valence-electron chi connectivity index (χ3n) is 2.78. The quantitative estimate of drug-likeness (QED) is 0.706. The molecule has 5 nitrogen and oxygen atoms in total. The van der Waals surface area contributed by atoms with Crippen molar-refractivity contribution in [2.75, 3.05) is 13.7 Å². The zero-order valence-electron chi connectivity index (χ0n) is 11.4. The first kappa shape index (κ1) is 16.5. The van der Waals surface area contributed by atoms with Gasteiger partial charge in [-0.05, 0) is 46.5 Å². The summed E-state index contributed by atoms with van der Waals surface area (Å²) in [5.41, 5.74) is 6.08. The van der Waals surface area contributed by atoms with Crippen LogP contribution >= 0.6 is 15.9 Å². The lowest BCUT2D eigenvalue weighted by Crippen LogP contribution is -2.25. The van der Waals surface area contributed by atoms with Crippen LogP contribution in [0.4, 0.5) is 0 Å². The third kappa shape index (κ3) is 6.06. The van der Waals surface area contributed by atoms with Crippen LogP contribution < -0.4 is 15.8 Å². The largest absolute Gasteiger partial charge is 0.496 e. The van der Waals surface area contributed by atoms with E-state index in [0.717, 1.165) is 15.8 Å². The first-order valence-electron chi connectivity index (χ1n) is 6.40. The minimum absolute atomic E-state index is 0.0265. The summed E-state index contributed by atoms with van der Waals surface area (Å²) in [6.07, 6.45) is 1.94. The van der Waals surface area contributed by atoms with E-state index in [9.17, 15) is 9.59 Å². The van der Waals surface area contributed by atoms with Crippen LogP contribution in [0.2, 0.25) is 0 Å². The normalized spacial score (nSPS) is 10.1. The standard InChI is InChI=1S/C14H19BrN2O3/c1-20-12-6-4-10(9-11(12)15)5-7-14(19)17-8-2-3-13(16)18/h4,6,9H,2-3,5,7-8H2,1H3,(H2,16,18)(H,17,19). The van der Waals surface area contributed by atoms with Crippen molar-refractivity contribution in [3.05, 3.63) is 28.2 Å². The number of aryl methyl sites for hydroxylation is 1. The highest BCUT2D eigenvalue weighted by Gasteiger charge is 2.05. The van der Waals surface area contributed by atoms with Crippen molar-refractivity contribution in [2.45, 2.75) is 25.7 Å². The maximum atomic E-state index is 11.6. The number of carbonyl (C=O) groups excluding carboxylic acids is 2. The van der Waals surface area contributed by atoms with E-state index in [1.54, 1.807) is 7.11 Å². The lowest BCUT2D eigenvalue weighted by atomic mass is 10.1. The second-order valence-corrected chi connectivity index (χ2v) is 5.24. The van der Waals surface area contributed by atoms with E-state index in [2.05, 4.69) is 21.2 Å². The van der Waals surface area contributed by atoms with E-state index in [-0.39, 0.29) is 11.8 Å². The number of rotatable bonds is 8. The predicted octanol–water partition coefficient (Wildman–Crippen LogP) is 1.77. The number of benzene rings is 1. The van der Waals surface area contributed by atoms with Crippen molar-refractivity contribution in [3.8, 4) is 5.75 Å². The Labute approximate surface area is 127 Å². The monoisotopic (exact) mass is 342 g/mol. The van der Waals surface area contributed by atoms with E-state index in [1.165, 1.54) is 0 Å². The van der Waals surface area contributed by atoms with Crippen LogP contribution in [0.15, 0.2) is 22.7 Å². The molecule has 0 fully saturated rings. The van der Waals surface area contributed by atoms with Crippen molar-refractivity contribution in [3.63, 3.8) is 0 Å². The molecule has 0 aliphatic carbocycles. The van der Waals surface area contributed by atoms with Gasteiger partial charge in [-0.1, -0.05) is 6.07 Å². The molecule has 0 bridgehead atoms. The van der Waals surface area contributed by atoms with Gasteiger partial charge in [0.2, 0.25) is 11.8 Å². The SMILES string of the molecule is COc1ccc(CCC(=O)NCCCC(N)=O)cc1Br. The van der Waals surface area contributed by atoms with Crippen LogP contribution in [0, 0.1) is 0 Å². The van der Waals surface area contributed by atoms with Crippen LogP contribution in [0.25, 0.3) is 0 Å². The first-order chi connectivity index (χ1) is 9.52. The molecule has 0 aliphatic rings. The molecule has 0 radical (unpaired) electrons. The molecule has 0 spiro atoms. The highest BCUT2D eigenvalue weighted by molar-refractivity contribution is 9.10. The fourth-order valence-corrected chi connectivity index (χ4v) is 2.29. The van der Waals surface area contributed by atoms with Crippen molar-refractivity contribution < 1.29 is 14.3 Å². The Morgan fingerprint density at radius 2 is 2.10 bits per heavy atom. The number of amides is 2. The lowest BCUT2D eigenvalue weighted by Gasteiger charge is -2.07. The van der Waals surface area contributed by atoms with E-state index in [0.29, 0.717) is 32.2 Å². The van der Waals surface area contributed by atoms with Crippen LogP contribution in [0.5, 0.6) is 5.75 Å². The van der Waals surface area contributed by atoms with Gasteiger partial charge in [-0.15, -0.1) is 0 Å². The molecule has 3 N–H and O–H groups in total. The minimum atomic E-state index is -0.345. The summed E-state index contributed by atoms with van der Waals surface area (Å²) in [5.74, 6) is 0.397. The van der Waals surface area contributed by atoms with Crippen molar-refractivity contribution in [1.29, 1.82) is 0 Å². The highest BCUT2D eigenvalue weighted by atomic mass is 79.9. The third-order valence-corrected chi connectivity index (χ3v) is 3.40. The second-order valence-electron chi connectivity index (χ2n) is 4.39. The predicted molar refractivity (Wildman–Crippen MR) is 80.5 cm³/mol. The molecular weight excluding hydrogens is 324 g/mol. The maximum Gasteiger partial charge on any atom is 0.220 e. The smallest absolute Gasteiger partial charge is 0.220 e.